The van der Waals surface area contributed by atoms with E-state index in [4.69, 9.17) is 4.74 Å². The smallest absolute Gasteiger partial charge is 0.123 e. The number of methoxy groups -OCH3 is 1. The molecule has 12 heavy (non-hydrogen) atoms. The maximum Gasteiger partial charge on any atom is 0.123 e. The standard InChI is InChI=1S/C9H11IOS/c1-11-9-5-8(10)4-3-7(9)6-12-2/h3-5H,6H2,1-2H3. The molecule has 0 spiro atoms. The maximum absolute atomic E-state index is 5.26. The van der Waals surface area contributed by atoms with Gasteiger partial charge in [-0.1, -0.05) is 6.07 Å². The SMILES string of the molecule is COc1cc(I)ccc1CSC. The molecule has 1 aromatic carbocycles. The molecule has 66 valence electrons. The Kier molecular flexibility index (Phi) is 4.21. The zero-order valence-electron chi connectivity index (χ0n) is 7.13. The average Bonchev–Trinajstić information content (AvgIpc) is 2.08. The summed E-state index contributed by atoms with van der Waals surface area (Å²) >= 11 is 4.09. The van der Waals surface area contributed by atoms with Gasteiger partial charge in [-0.25, -0.2) is 0 Å². The highest BCUT2D eigenvalue weighted by molar-refractivity contribution is 14.1. The second-order valence-electron chi connectivity index (χ2n) is 2.39. The summed E-state index contributed by atoms with van der Waals surface area (Å²) in [6.07, 6.45) is 2.09. The topological polar surface area (TPSA) is 9.23 Å². The van der Waals surface area contributed by atoms with Crippen LogP contribution in [0.25, 0.3) is 0 Å². The molecule has 0 aliphatic rings. The van der Waals surface area contributed by atoms with Crippen molar-refractivity contribution < 1.29 is 4.74 Å². The van der Waals surface area contributed by atoms with Gasteiger partial charge in [-0.2, -0.15) is 11.8 Å². The molecule has 0 aliphatic heterocycles. The predicted molar refractivity (Wildman–Crippen MR) is 62.9 cm³/mol. The van der Waals surface area contributed by atoms with E-state index < -0.39 is 0 Å². The van der Waals surface area contributed by atoms with Gasteiger partial charge >= 0.3 is 0 Å². The van der Waals surface area contributed by atoms with Crippen LogP contribution in [0.1, 0.15) is 5.56 Å². The van der Waals surface area contributed by atoms with Crippen molar-refractivity contribution in [2.24, 2.45) is 0 Å². The van der Waals surface area contributed by atoms with Gasteiger partial charge in [0, 0.05) is 14.9 Å². The highest BCUT2D eigenvalue weighted by Crippen LogP contribution is 2.24. The molecule has 3 heteroatoms. The van der Waals surface area contributed by atoms with Crippen LogP contribution in [0.15, 0.2) is 18.2 Å². The normalized spacial score (nSPS) is 9.92. The number of hydrogen-bond donors (Lipinski definition) is 0. The lowest BCUT2D eigenvalue weighted by molar-refractivity contribution is 0.411. The maximum atomic E-state index is 5.26. The fraction of sp³-hybridized carbons (Fsp3) is 0.333. The van der Waals surface area contributed by atoms with Crippen molar-refractivity contribution in [2.45, 2.75) is 5.75 Å². The summed E-state index contributed by atoms with van der Waals surface area (Å²) in [6.45, 7) is 0. The third kappa shape index (κ3) is 2.55. The molecule has 0 aliphatic carbocycles. The van der Waals surface area contributed by atoms with Gasteiger partial charge in [0.15, 0.2) is 0 Å². The molecule has 0 unspecified atom stereocenters. The van der Waals surface area contributed by atoms with Crippen LogP contribution < -0.4 is 4.74 Å². The fourth-order valence-electron chi connectivity index (χ4n) is 0.993. The number of benzene rings is 1. The second kappa shape index (κ2) is 4.97. The molecule has 0 N–H and O–H groups in total. The van der Waals surface area contributed by atoms with Crippen LogP contribution >= 0.6 is 34.4 Å². The summed E-state index contributed by atoms with van der Waals surface area (Å²) in [6, 6.07) is 6.29. The van der Waals surface area contributed by atoms with Crippen molar-refractivity contribution in [2.75, 3.05) is 13.4 Å². The van der Waals surface area contributed by atoms with Crippen molar-refractivity contribution in [3.05, 3.63) is 27.3 Å². The third-order valence-electron chi connectivity index (χ3n) is 1.55. The molecular weight excluding hydrogens is 283 g/mol. The van der Waals surface area contributed by atoms with Crippen molar-refractivity contribution in [3.8, 4) is 5.75 Å². The Morgan fingerprint density at radius 1 is 1.50 bits per heavy atom. The molecule has 0 atom stereocenters. The summed E-state index contributed by atoms with van der Waals surface area (Å²) < 4.78 is 6.48. The lowest BCUT2D eigenvalue weighted by Crippen LogP contribution is -1.90. The number of rotatable bonds is 3. The van der Waals surface area contributed by atoms with E-state index in [0.717, 1.165) is 11.5 Å². The quantitative estimate of drug-likeness (QED) is 0.792. The zero-order valence-corrected chi connectivity index (χ0v) is 10.1. The van der Waals surface area contributed by atoms with E-state index in [1.807, 2.05) is 11.8 Å². The highest BCUT2D eigenvalue weighted by Gasteiger charge is 2.01. The molecule has 0 radical (unpaired) electrons. The molecule has 1 aromatic rings. The Morgan fingerprint density at radius 2 is 2.25 bits per heavy atom. The molecule has 0 amide bonds. The van der Waals surface area contributed by atoms with Gasteiger partial charge in [0.2, 0.25) is 0 Å². The third-order valence-corrected chi connectivity index (χ3v) is 2.82. The van der Waals surface area contributed by atoms with E-state index >= 15 is 0 Å². The van der Waals surface area contributed by atoms with Crippen LogP contribution in [-0.4, -0.2) is 13.4 Å². The summed E-state index contributed by atoms with van der Waals surface area (Å²) in [5, 5.41) is 0. The molecule has 0 fully saturated rings. The van der Waals surface area contributed by atoms with Crippen LogP contribution in [0.4, 0.5) is 0 Å². The molecule has 1 rings (SSSR count). The van der Waals surface area contributed by atoms with Crippen molar-refractivity contribution in [1.82, 2.24) is 0 Å². The van der Waals surface area contributed by atoms with Crippen molar-refractivity contribution in [3.63, 3.8) is 0 Å². The van der Waals surface area contributed by atoms with Gasteiger partial charge in [0.25, 0.3) is 0 Å². The number of halogens is 1. The summed E-state index contributed by atoms with van der Waals surface area (Å²) in [4.78, 5) is 0. The van der Waals surface area contributed by atoms with E-state index in [0.29, 0.717) is 0 Å². The monoisotopic (exact) mass is 294 g/mol. The summed E-state index contributed by atoms with van der Waals surface area (Å²) in [5.41, 5.74) is 1.27. The first-order valence-corrected chi connectivity index (χ1v) is 6.06. The molecule has 0 bridgehead atoms. The Hall–Kier alpha value is 0.1000. The predicted octanol–water partition coefficient (Wildman–Crippen LogP) is 3.16. The Balaban J connectivity index is 2.94. The fourth-order valence-corrected chi connectivity index (χ4v) is 2.01. The molecular formula is C9H11IOS. The first kappa shape index (κ1) is 10.2. The average molecular weight is 294 g/mol. The number of ether oxygens (including phenoxy) is 1. The minimum Gasteiger partial charge on any atom is -0.496 e. The molecule has 0 saturated heterocycles. The lowest BCUT2D eigenvalue weighted by atomic mass is 10.2. The first-order valence-electron chi connectivity index (χ1n) is 3.59. The summed E-state index contributed by atoms with van der Waals surface area (Å²) in [5.74, 6) is 2.01. The molecule has 0 saturated carbocycles. The van der Waals surface area contributed by atoms with E-state index in [1.165, 1.54) is 9.13 Å². The minimum absolute atomic E-state index is 0.997. The molecule has 0 heterocycles. The van der Waals surface area contributed by atoms with Gasteiger partial charge in [0.1, 0.15) is 5.75 Å². The molecule has 0 aromatic heterocycles. The Morgan fingerprint density at radius 3 is 2.83 bits per heavy atom. The Labute approximate surface area is 91.0 Å². The van der Waals surface area contributed by atoms with Crippen LogP contribution in [0, 0.1) is 3.57 Å². The lowest BCUT2D eigenvalue weighted by Gasteiger charge is -2.06. The van der Waals surface area contributed by atoms with Gasteiger partial charge in [-0.3, -0.25) is 0 Å². The van der Waals surface area contributed by atoms with Crippen LogP contribution in [-0.2, 0) is 5.75 Å². The van der Waals surface area contributed by atoms with Crippen molar-refractivity contribution >= 4 is 34.4 Å². The Bertz CT molecular complexity index is 263. The number of hydrogen-bond acceptors (Lipinski definition) is 2. The highest BCUT2D eigenvalue weighted by atomic mass is 127. The van der Waals surface area contributed by atoms with E-state index in [9.17, 15) is 0 Å². The van der Waals surface area contributed by atoms with Gasteiger partial charge < -0.3 is 4.74 Å². The molecule has 1 nitrogen and oxygen atoms in total. The number of thioether (sulfide) groups is 1. The van der Waals surface area contributed by atoms with E-state index in [-0.39, 0.29) is 0 Å². The second-order valence-corrected chi connectivity index (χ2v) is 4.50. The van der Waals surface area contributed by atoms with Crippen LogP contribution in [0.2, 0.25) is 0 Å². The largest absolute Gasteiger partial charge is 0.496 e. The van der Waals surface area contributed by atoms with Gasteiger partial charge in [-0.05, 0) is 41.0 Å². The minimum atomic E-state index is 0.997. The van der Waals surface area contributed by atoms with Crippen molar-refractivity contribution in [1.29, 1.82) is 0 Å². The van der Waals surface area contributed by atoms with Gasteiger partial charge in [0.05, 0.1) is 7.11 Å². The van der Waals surface area contributed by atoms with Crippen LogP contribution in [0.3, 0.4) is 0 Å². The van der Waals surface area contributed by atoms with Gasteiger partial charge in [-0.15, -0.1) is 0 Å². The zero-order chi connectivity index (χ0) is 8.97. The first-order chi connectivity index (χ1) is 5.77. The van der Waals surface area contributed by atoms with E-state index in [2.05, 4.69) is 47.0 Å². The van der Waals surface area contributed by atoms with Crippen LogP contribution in [0.5, 0.6) is 5.75 Å². The summed E-state index contributed by atoms with van der Waals surface area (Å²) in [7, 11) is 1.72. The van der Waals surface area contributed by atoms with E-state index in [1.54, 1.807) is 7.11 Å².